The van der Waals surface area contributed by atoms with Crippen molar-refractivity contribution in [3.8, 4) is 0 Å². The molecule has 2 heterocycles. The van der Waals surface area contributed by atoms with Crippen LogP contribution in [0.25, 0.3) is 0 Å². The van der Waals surface area contributed by atoms with Gasteiger partial charge in [-0.25, -0.2) is 14.4 Å². The Kier molecular flexibility index (Phi) is 12.4. The fraction of sp³-hybridized carbons (Fsp3) is 0.760. The highest BCUT2D eigenvalue weighted by molar-refractivity contribution is 8.13. The maximum Gasteiger partial charge on any atom is 0.406 e. The third kappa shape index (κ3) is 9.77. The van der Waals surface area contributed by atoms with E-state index in [0.717, 1.165) is 11.8 Å². The van der Waals surface area contributed by atoms with Crippen LogP contribution in [0.2, 0.25) is 0 Å². The van der Waals surface area contributed by atoms with E-state index in [-0.39, 0.29) is 30.2 Å². The van der Waals surface area contributed by atoms with Crippen molar-refractivity contribution >= 4 is 30.6 Å². The van der Waals surface area contributed by atoms with Crippen LogP contribution >= 0.6 is 19.5 Å². The average molecular weight is 592 g/mol. The van der Waals surface area contributed by atoms with Crippen LogP contribution in [0.3, 0.4) is 0 Å². The zero-order valence-corrected chi connectivity index (χ0v) is 25.6. The van der Waals surface area contributed by atoms with Crippen molar-refractivity contribution < 1.29 is 37.8 Å². The fourth-order valence-corrected chi connectivity index (χ4v) is 6.18. The highest BCUT2D eigenvalue weighted by Crippen LogP contribution is 2.46. The number of aryl methyl sites for hydroxylation is 1. The molecule has 14 heteroatoms. The minimum atomic E-state index is -4.11. The first-order valence-electron chi connectivity index (χ1n) is 13.0. The van der Waals surface area contributed by atoms with E-state index in [4.69, 9.17) is 18.5 Å². The molecule has 6 atom stereocenters. The molecule has 0 saturated carbocycles. The molecule has 1 unspecified atom stereocenters. The van der Waals surface area contributed by atoms with Crippen LogP contribution in [0.1, 0.15) is 66.8 Å². The van der Waals surface area contributed by atoms with Gasteiger partial charge in [-0.05, 0) is 40.2 Å². The molecule has 1 aromatic rings. The maximum absolute atomic E-state index is 13.7. The molecule has 2 N–H and O–H groups in total. The number of hydrogen-bond acceptors (Lipinski definition) is 11. The number of hydrogen-bond donors (Lipinski definition) is 2. The number of rotatable bonds is 13. The summed E-state index contributed by atoms with van der Waals surface area (Å²) in [4.78, 5) is 40.9. The summed E-state index contributed by atoms with van der Waals surface area (Å²) in [7, 11) is -4.11. The van der Waals surface area contributed by atoms with Crippen LogP contribution in [0.15, 0.2) is 17.1 Å². The van der Waals surface area contributed by atoms with Gasteiger partial charge in [0, 0.05) is 29.0 Å². The number of aromatic nitrogens is 2. The van der Waals surface area contributed by atoms with Gasteiger partial charge in [-0.3, -0.25) is 23.2 Å². The minimum Gasteiger partial charge on any atom is -0.462 e. The molecule has 1 saturated heterocycles. The van der Waals surface area contributed by atoms with Gasteiger partial charge in [-0.2, -0.15) is 4.98 Å². The molecule has 0 amide bonds. The second-order valence-corrected chi connectivity index (χ2v) is 13.6. The Morgan fingerprint density at radius 3 is 2.51 bits per heavy atom. The summed E-state index contributed by atoms with van der Waals surface area (Å²) in [5.41, 5.74) is -0.572. The van der Waals surface area contributed by atoms with Gasteiger partial charge in [0.1, 0.15) is 12.1 Å². The summed E-state index contributed by atoms with van der Waals surface area (Å²) >= 11 is 1.05. The zero-order chi connectivity index (χ0) is 29.5. The predicted octanol–water partition coefficient (Wildman–Crippen LogP) is 3.21. The number of aliphatic hydroxyl groups is 1. The molecule has 0 bridgehead atoms. The molecule has 222 valence electrons. The van der Waals surface area contributed by atoms with Crippen molar-refractivity contribution in [3.05, 3.63) is 28.4 Å². The second-order valence-electron chi connectivity index (χ2n) is 10.7. The number of thioether (sulfide) groups is 1. The summed E-state index contributed by atoms with van der Waals surface area (Å²) in [5, 5.41) is 13.5. The smallest absolute Gasteiger partial charge is 0.406 e. The van der Waals surface area contributed by atoms with E-state index >= 15 is 0 Å². The van der Waals surface area contributed by atoms with Crippen LogP contribution in [0, 0.1) is 18.3 Å². The summed E-state index contributed by atoms with van der Waals surface area (Å²) < 4.78 is 37.4. The van der Waals surface area contributed by atoms with Crippen molar-refractivity contribution in [2.75, 3.05) is 19.0 Å². The number of carbonyl (C=O) groups excluding carboxylic acids is 2. The molecule has 12 nitrogen and oxygen atoms in total. The molecule has 2 rings (SSSR count). The van der Waals surface area contributed by atoms with E-state index < -0.39 is 55.2 Å². The monoisotopic (exact) mass is 591 g/mol. The van der Waals surface area contributed by atoms with E-state index in [9.17, 15) is 24.1 Å². The number of carbonyl (C=O) groups is 2. The van der Waals surface area contributed by atoms with E-state index in [1.165, 1.54) is 17.7 Å². The lowest BCUT2D eigenvalue weighted by molar-refractivity contribution is -0.149. The Morgan fingerprint density at radius 1 is 1.28 bits per heavy atom. The highest BCUT2D eigenvalue weighted by Gasteiger charge is 2.45. The number of esters is 1. The van der Waals surface area contributed by atoms with Gasteiger partial charge in [-0.1, -0.05) is 39.5 Å². The molecule has 1 fully saturated rings. The summed E-state index contributed by atoms with van der Waals surface area (Å²) in [6.45, 7) is 13.4. The van der Waals surface area contributed by atoms with Crippen molar-refractivity contribution in [1.82, 2.24) is 14.6 Å². The molecule has 1 aliphatic heterocycles. The minimum absolute atomic E-state index is 0.0466. The van der Waals surface area contributed by atoms with E-state index in [1.807, 2.05) is 6.92 Å². The van der Waals surface area contributed by atoms with Crippen molar-refractivity contribution in [2.45, 2.75) is 92.4 Å². The average Bonchev–Trinajstić information content (AvgIpc) is 3.14. The summed E-state index contributed by atoms with van der Waals surface area (Å²) in [6.07, 6.45) is -1.17. The molecule has 39 heavy (non-hydrogen) atoms. The Bertz CT molecular complexity index is 1090. The second kappa shape index (κ2) is 14.3. The quantitative estimate of drug-likeness (QED) is 0.197. The van der Waals surface area contributed by atoms with E-state index in [1.54, 1.807) is 47.6 Å². The first-order chi connectivity index (χ1) is 18.1. The first kappa shape index (κ1) is 33.6. The van der Waals surface area contributed by atoms with Crippen molar-refractivity contribution in [1.29, 1.82) is 0 Å². The van der Waals surface area contributed by atoms with Gasteiger partial charge in [0.15, 0.2) is 11.3 Å². The van der Waals surface area contributed by atoms with E-state index in [0.29, 0.717) is 12.1 Å². The summed E-state index contributed by atoms with van der Waals surface area (Å²) in [6, 6.07) is 0.609. The fourth-order valence-electron chi connectivity index (χ4n) is 3.80. The van der Waals surface area contributed by atoms with Crippen LogP contribution in [-0.4, -0.2) is 69.1 Å². The van der Waals surface area contributed by atoms with Gasteiger partial charge in [0.2, 0.25) is 0 Å². The maximum atomic E-state index is 13.7. The molecule has 0 aromatic carbocycles. The molecule has 1 aliphatic rings. The van der Waals surface area contributed by atoms with Gasteiger partial charge >= 0.3 is 19.4 Å². The molecule has 0 aliphatic carbocycles. The van der Waals surface area contributed by atoms with Crippen molar-refractivity contribution in [3.63, 3.8) is 0 Å². The van der Waals surface area contributed by atoms with Gasteiger partial charge in [-0.15, -0.1) is 0 Å². The third-order valence-corrected chi connectivity index (χ3v) is 8.85. The van der Waals surface area contributed by atoms with Crippen LogP contribution in [0.5, 0.6) is 0 Å². The number of ether oxygens (including phenoxy) is 2. The van der Waals surface area contributed by atoms with Gasteiger partial charge in [0.05, 0.1) is 25.4 Å². The standard InChI is InChI=1S/C25H42N3O9PS/c1-9-18-19(37-21(20(18)29)28-11-10-16(4)26-24(28)32)14-35-38(33,27-17(5)22(30)36-15(2)3)34-12-13-39-23(31)25(6,7)8/h10-11,15,17-21,29H,9,12-14H2,1-8H3,(H,27,33)/t17-,18+,19+,20+,21+,38?/m0/s1. The lowest BCUT2D eigenvalue weighted by Gasteiger charge is -2.25. The van der Waals surface area contributed by atoms with E-state index in [2.05, 4.69) is 10.1 Å². The highest BCUT2D eigenvalue weighted by atomic mass is 32.2. The molecule has 1 aromatic heterocycles. The third-order valence-electron chi connectivity index (χ3n) is 5.89. The van der Waals surface area contributed by atoms with Gasteiger partial charge < -0.3 is 14.6 Å². The van der Waals surface area contributed by atoms with Crippen LogP contribution in [0.4, 0.5) is 0 Å². The van der Waals surface area contributed by atoms with Gasteiger partial charge in [0.25, 0.3) is 0 Å². The van der Waals surface area contributed by atoms with Crippen LogP contribution < -0.4 is 10.8 Å². The number of nitrogens with one attached hydrogen (secondary N) is 1. The Balaban J connectivity index is 2.15. The number of nitrogens with zero attached hydrogens (tertiary/aromatic N) is 2. The Labute approximate surface area is 234 Å². The topological polar surface area (TPSA) is 155 Å². The van der Waals surface area contributed by atoms with Crippen LogP contribution in [-0.2, 0) is 32.7 Å². The molecule has 0 radical (unpaired) electrons. The molecular formula is C25H42N3O9PS. The largest absolute Gasteiger partial charge is 0.462 e. The number of aliphatic hydroxyl groups excluding tert-OH is 1. The predicted molar refractivity (Wildman–Crippen MR) is 147 cm³/mol. The SMILES string of the molecule is CC[C@H]1[C@@H](O)[C@H](n2ccc(C)nc2=O)O[C@@H]1COP(=O)(N[C@@H](C)C(=O)OC(C)C)OCCSC(=O)C(C)(C)C. The normalized spacial score (nSPS) is 23.9. The summed E-state index contributed by atoms with van der Waals surface area (Å²) in [5.74, 6) is -0.864. The lowest BCUT2D eigenvalue weighted by atomic mass is 9.95. The Hall–Kier alpha value is -1.60. The Morgan fingerprint density at radius 2 is 1.95 bits per heavy atom. The van der Waals surface area contributed by atoms with Crippen molar-refractivity contribution in [2.24, 2.45) is 11.3 Å². The zero-order valence-electron chi connectivity index (χ0n) is 23.9. The first-order valence-corrected chi connectivity index (χ1v) is 15.5. The lowest BCUT2D eigenvalue weighted by Crippen LogP contribution is -2.36. The molecular weight excluding hydrogens is 549 g/mol. The molecule has 0 spiro atoms.